The largest absolute Gasteiger partial charge is 0.478 e. The van der Waals surface area contributed by atoms with E-state index in [1.807, 2.05) is 6.92 Å². The Hall–Kier alpha value is -1.33. The maximum absolute atomic E-state index is 12.0. The number of nitrogens with zero attached hydrogens (tertiary/aromatic N) is 2. The highest BCUT2D eigenvalue weighted by atomic mass is 16.5. The summed E-state index contributed by atoms with van der Waals surface area (Å²) in [7, 11) is 0. The molecular weight excluding hydrogens is 340 g/mol. The monoisotopic (exact) mass is 378 g/mol. The fourth-order valence-electron chi connectivity index (χ4n) is 4.22. The molecule has 0 aromatic carbocycles. The smallest absolute Gasteiger partial charge is 0.337 e. The molecule has 0 amide bonds. The average Bonchev–Trinajstić information content (AvgIpc) is 2.54. The number of rotatable bonds is 6. The van der Waals surface area contributed by atoms with Crippen molar-refractivity contribution in [3.8, 4) is 0 Å². The Labute approximate surface area is 165 Å². The van der Waals surface area contributed by atoms with Gasteiger partial charge in [-0.05, 0) is 49.7 Å². The van der Waals surface area contributed by atoms with Crippen molar-refractivity contribution in [3.05, 3.63) is 22.9 Å². The van der Waals surface area contributed by atoms with Crippen molar-refractivity contribution in [1.82, 2.24) is 9.80 Å². The third-order valence-corrected chi connectivity index (χ3v) is 5.52. The van der Waals surface area contributed by atoms with Gasteiger partial charge in [0.2, 0.25) is 0 Å². The number of hydrogen-bond acceptors (Lipinski definition) is 4. The second kappa shape index (κ2) is 8.78. The van der Waals surface area contributed by atoms with E-state index >= 15 is 0 Å². The molecule has 1 N–H and O–H groups in total. The maximum atomic E-state index is 12.0. The lowest BCUT2D eigenvalue weighted by atomic mass is 9.89. The van der Waals surface area contributed by atoms with Gasteiger partial charge in [0.1, 0.15) is 6.17 Å². The molecule has 154 valence electrons. The number of morpholine rings is 1. The number of hydrogen-bond donors (Lipinski definition) is 1. The molecule has 1 fully saturated rings. The van der Waals surface area contributed by atoms with Crippen molar-refractivity contribution in [1.29, 1.82) is 0 Å². The van der Waals surface area contributed by atoms with Crippen LogP contribution in [0.4, 0.5) is 0 Å². The van der Waals surface area contributed by atoms with Gasteiger partial charge in [0.15, 0.2) is 0 Å². The van der Waals surface area contributed by atoms with E-state index in [0.29, 0.717) is 11.6 Å². The zero-order valence-electron chi connectivity index (χ0n) is 18.2. The molecule has 2 aliphatic rings. The molecule has 2 atom stereocenters. The Morgan fingerprint density at radius 1 is 1.37 bits per heavy atom. The molecule has 0 aliphatic carbocycles. The van der Waals surface area contributed by atoms with E-state index in [4.69, 9.17) is 4.74 Å². The van der Waals surface area contributed by atoms with Crippen LogP contribution in [0.15, 0.2) is 22.9 Å². The van der Waals surface area contributed by atoms with Crippen LogP contribution >= 0.6 is 0 Å². The van der Waals surface area contributed by atoms with Gasteiger partial charge in [0.05, 0.1) is 18.8 Å². The van der Waals surface area contributed by atoms with Gasteiger partial charge < -0.3 is 14.7 Å². The molecule has 0 spiro atoms. The topological polar surface area (TPSA) is 53.0 Å². The van der Waals surface area contributed by atoms with E-state index in [-0.39, 0.29) is 17.5 Å². The number of carbonyl (C=O) groups is 1. The molecule has 2 rings (SSSR count). The van der Waals surface area contributed by atoms with E-state index < -0.39 is 5.97 Å². The lowest BCUT2D eigenvalue weighted by molar-refractivity contribution is -0.132. The second-order valence-corrected chi connectivity index (χ2v) is 9.50. The van der Waals surface area contributed by atoms with Gasteiger partial charge in [0.25, 0.3) is 0 Å². The Morgan fingerprint density at radius 3 is 2.56 bits per heavy atom. The Bertz CT molecular complexity index is 601. The van der Waals surface area contributed by atoms with Crippen molar-refractivity contribution in [2.24, 2.45) is 11.3 Å². The molecule has 0 radical (unpaired) electrons. The first-order valence-electron chi connectivity index (χ1n) is 10.3. The first-order valence-corrected chi connectivity index (χ1v) is 10.3. The Kier molecular flexibility index (Phi) is 7.14. The highest BCUT2D eigenvalue weighted by molar-refractivity contribution is 5.93. The van der Waals surface area contributed by atoms with Crippen LogP contribution in [-0.2, 0) is 9.53 Å². The fraction of sp³-hybridized carbons (Fsp3) is 0.773. The maximum Gasteiger partial charge on any atom is 0.337 e. The van der Waals surface area contributed by atoms with E-state index in [9.17, 15) is 9.90 Å². The predicted molar refractivity (Wildman–Crippen MR) is 109 cm³/mol. The van der Waals surface area contributed by atoms with Gasteiger partial charge in [0, 0.05) is 24.8 Å². The van der Waals surface area contributed by atoms with Gasteiger partial charge >= 0.3 is 5.97 Å². The molecule has 27 heavy (non-hydrogen) atoms. The summed E-state index contributed by atoms with van der Waals surface area (Å²) in [6, 6.07) is 0.317. The third kappa shape index (κ3) is 5.35. The summed E-state index contributed by atoms with van der Waals surface area (Å²) in [6.45, 7) is 18.3. The third-order valence-electron chi connectivity index (χ3n) is 5.52. The molecule has 0 saturated carbocycles. The Balaban J connectivity index is 2.40. The van der Waals surface area contributed by atoms with Crippen LogP contribution in [0.5, 0.6) is 0 Å². The SMILES string of the molecule is CC1=CC(N2CCOC[C@H]2C)N(CCCC(C)(C)C)C(C(C)C)=C1C(=O)O. The average molecular weight is 379 g/mol. The number of ether oxygens (including phenoxy) is 1. The lowest BCUT2D eigenvalue weighted by Gasteiger charge is -2.48. The summed E-state index contributed by atoms with van der Waals surface area (Å²) in [6.07, 6.45) is 4.42. The number of aliphatic carboxylic acids is 1. The van der Waals surface area contributed by atoms with E-state index in [2.05, 4.69) is 57.4 Å². The van der Waals surface area contributed by atoms with Crippen molar-refractivity contribution in [2.75, 3.05) is 26.3 Å². The van der Waals surface area contributed by atoms with Crippen molar-refractivity contribution < 1.29 is 14.6 Å². The molecule has 5 heteroatoms. The van der Waals surface area contributed by atoms with Crippen molar-refractivity contribution >= 4 is 5.97 Å². The molecule has 2 aliphatic heterocycles. The molecule has 0 bridgehead atoms. The highest BCUT2D eigenvalue weighted by Gasteiger charge is 2.37. The van der Waals surface area contributed by atoms with Crippen LogP contribution in [0.3, 0.4) is 0 Å². The first-order chi connectivity index (χ1) is 12.5. The quantitative estimate of drug-likeness (QED) is 0.754. The minimum atomic E-state index is -0.818. The summed E-state index contributed by atoms with van der Waals surface area (Å²) >= 11 is 0. The van der Waals surface area contributed by atoms with Gasteiger partial charge in [-0.2, -0.15) is 0 Å². The summed E-state index contributed by atoms with van der Waals surface area (Å²) in [5.74, 6) is -0.657. The minimum Gasteiger partial charge on any atom is -0.478 e. The second-order valence-electron chi connectivity index (χ2n) is 9.50. The van der Waals surface area contributed by atoms with E-state index in [0.717, 1.165) is 50.4 Å². The predicted octanol–water partition coefficient (Wildman–Crippen LogP) is 4.12. The van der Waals surface area contributed by atoms with Crippen LogP contribution < -0.4 is 0 Å². The summed E-state index contributed by atoms with van der Waals surface area (Å²) in [4.78, 5) is 16.9. The van der Waals surface area contributed by atoms with Gasteiger partial charge in [-0.3, -0.25) is 4.90 Å². The van der Waals surface area contributed by atoms with Crippen LogP contribution in [-0.4, -0.2) is 59.4 Å². The van der Waals surface area contributed by atoms with Crippen molar-refractivity contribution in [3.63, 3.8) is 0 Å². The molecule has 2 heterocycles. The molecule has 5 nitrogen and oxygen atoms in total. The number of carboxylic acids is 1. The first kappa shape index (κ1) is 22.0. The van der Waals surface area contributed by atoms with Gasteiger partial charge in [-0.15, -0.1) is 0 Å². The van der Waals surface area contributed by atoms with E-state index in [1.54, 1.807) is 0 Å². The molecule has 0 aromatic rings. The summed E-state index contributed by atoms with van der Waals surface area (Å²) in [5.41, 5.74) is 2.61. The van der Waals surface area contributed by atoms with Crippen LogP contribution in [0.1, 0.15) is 61.3 Å². The summed E-state index contributed by atoms with van der Waals surface area (Å²) < 4.78 is 5.64. The van der Waals surface area contributed by atoms with Crippen LogP contribution in [0, 0.1) is 11.3 Å². The molecule has 1 saturated heterocycles. The number of allylic oxidation sites excluding steroid dienone is 1. The van der Waals surface area contributed by atoms with Gasteiger partial charge in [-0.25, -0.2) is 4.79 Å². The minimum absolute atomic E-state index is 0.101. The highest BCUT2D eigenvalue weighted by Crippen LogP contribution is 2.35. The normalized spacial score (nSPS) is 25.2. The standard InChI is InChI=1S/C22H38N2O3/c1-15(2)20-19(21(25)26)16(3)13-18(23-11-12-27-14-17(23)4)24(20)10-8-9-22(5,6)7/h13,15,17-18H,8-12,14H2,1-7H3,(H,25,26)/t17-,18?/m1/s1. The zero-order valence-corrected chi connectivity index (χ0v) is 18.2. The van der Waals surface area contributed by atoms with E-state index in [1.165, 1.54) is 0 Å². The lowest BCUT2D eigenvalue weighted by Crippen LogP contribution is -2.57. The fourth-order valence-corrected chi connectivity index (χ4v) is 4.22. The molecule has 1 unspecified atom stereocenters. The van der Waals surface area contributed by atoms with Crippen molar-refractivity contribution in [2.45, 2.75) is 73.5 Å². The molecule has 0 aromatic heterocycles. The summed E-state index contributed by atoms with van der Waals surface area (Å²) in [5, 5.41) is 9.89. The zero-order chi connectivity index (χ0) is 20.4. The Morgan fingerprint density at radius 2 is 2.04 bits per heavy atom. The number of carboxylic acid groups (broad SMARTS) is 1. The molecular formula is C22H38N2O3. The van der Waals surface area contributed by atoms with Crippen LogP contribution in [0.25, 0.3) is 0 Å². The van der Waals surface area contributed by atoms with Crippen LogP contribution in [0.2, 0.25) is 0 Å². The van der Waals surface area contributed by atoms with Gasteiger partial charge in [-0.1, -0.05) is 34.6 Å².